The fraction of sp³-hybridized carbons (Fsp3) is 0.471. The Balaban J connectivity index is 1.83. The Morgan fingerprint density at radius 3 is 3.00 bits per heavy atom. The molecule has 1 aliphatic heterocycles. The highest BCUT2D eigenvalue weighted by molar-refractivity contribution is 5.61. The van der Waals surface area contributed by atoms with Gasteiger partial charge in [0.15, 0.2) is 0 Å². The van der Waals surface area contributed by atoms with E-state index in [0.717, 1.165) is 31.6 Å². The van der Waals surface area contributed by atoms with Crippen molar-refractivity contribution in [1.82, 2.24) is 10.3 Å². The van der Waals surface area contributed by atoms with E-state index in [1.165, 1.54) is 17.7 Å². The van der Waals surface area contributed by atoms with Crippen molar-refractivity contribution in [1.29, 1.82) is 0 Å². The van der Waals surface area contributed by atoms with Gasteiger partial charge in [-0.15, -0.1) is 0 Å². The maximum Gasteiger partial charge on any atom is 0.302 e. The van der Waals surface area contributed by atoms with Crippen molar-refractivity contribution in [2.24, 2.45) is 0 Å². The third-order valence-corrected chi connectivity index (χ3v) is 3.82. The summed E-state index contributed by atoms with van der Waals surface area (Å²) in [5.41, 5.74) is 3.58. The highest BCUT2D eigenvalue weighted by atomic mass is 16.4. The fourth-order valence-corrected chi connectivity index (χ4v) is 2.70. The number of oxazole rings is 1. The van der Waals surface area contributed by atoms with E-state index in [9.17, 15) is 0 Å². The molecule has 0 saturated carbocycles. The van der Waals surface area contributed by atoms with Crippen molar-refractivity contribution >= 4 is 11.7 Å². The molecule has 2 heterocycles. The average molecular weight is 285 g/mol. The van der Waals surface area contributed by atoms with Gasteiger partial charge in [-0.2, -0.15) is 4.98 Å². The predicted molar refractivity (Wildman–Crippen MR) is 84.9 cm³/mol. The average Bonchev–Trinajstić information content (AvgIpc) is 2.84. The lowest BCUT2D eigenvalue weighted by Gasteiger charge is -2.20. The second-order valence-corrected chi connectivity index (χ2v) is 5.89. The van der Waals surface area contributed by atoms with E-state index < -0.39 is 0 Å². The fourth-order valence-electron chi connectivity index (χ4n) is 2.70. The molecule has 2 aromatic rings. The molecule has 21 heavy (non-hydrogen) atoms. The minimum Gasteiger partial charge on any atom is -0.431 e. The van der Waals surface area contributed by atoms with Crippen LogP contribution in [0.25, 0.3) is 0 Å². The van der Waals surface area contributed by atoms with E-state index >= 15 is 0 Å². The maximum atomic E-state index is 5.72. The molecule has 0 unspecified atom stereocenters. The minimum absolute atomic E-state index is 0.448. The number of aryl methyl sites for hydroxylation is 1. The van der Waals surface area contributed by atoms with Gasteiger partial charge in [0.25, 0.3) is 0 Å². The van der Waals surface area contributed by atoms with Gasteiger partial charge in [-0.25, -0.2) is 0 Å². The summed E-state index contributed by atoms with van der Waals surface area (Å²) in [5, 5.41) is 3.37. The summed E-state index contributed by atoms with van der Waals surface area (Å²) in [6.45, 7) is 5.98. The molecule has 3 rings (SSSR count). The smallest absolute Gasteiger partial charge is 0.302 e. The molecule has 0 bridgehead atoms. The standard InChI is InChI=1S/C17H23N3O/c1-13(2)18-11-15-12-21-17(19-15)20-10-6-5-8-14-7-3-4-9-16(14)20/h3-4,7,9,12-13,18H,5-6,8,10-11H2,1-2H3. The number of para-hydroxylation sites is 1. The minimum atomic E-state index is 0.448. The molecule has 0 amide bonds. The second kappa shape index (κ2) is 6.31. The van der Waals surface area contributed by atoms with Crippen LogP contribution >= 0.6 is 0 Å². The topological polar surface area (TPSA) is 41.3 Å². The first kappa shape index (κ1) is 14.1. The summed E-state index contributed by atoms with van der Waals surface area (Å²) in [7, 11) is 0. The third-order valence-electron chi connectivity index (χ3n) is 3.82. The van der Waals surface area contributed by atoms with E-state index in [1.54, 1.807) is 6.26 Å². The summed E-state index contributed by atoms with van der Waals surface area (Å²) in [6, 6.07) is 9.72. The zero-order valence-corrected chi connectivity index (χ0v) is 12.8. The van der Waals surface area contributed by atoms with E-state index in [4.69, 9.17) is 4.42 Å². The molecule has 1 aromatic heterocycles. The number of nitrogens with zero attached hydrogens (tertiary/aromatic N) is 2. The SMILES string of the molecule is CC(C)NCc1coc(N2CCCCc3ccccc32)n1. The van der Waals surface area contributed by atoms with Gasteiger partial charge in [0, 0.05) is 24.8 Å². The number of hydrogen-bond donors (Lipinski definition) is 1. The molecular weight excluding hydrogens is 262 g/mol. The van der Waals surface area contributed by atoms with Gasteiger partial charge < -0.3 is 9.73 Å². The molecule has 0 atom stereocenters. The molecule has 1 N–H and O–H groups in total. The van der Waals surface area contributed by atoms with Gasteiger partial charge in [-0.05, 0) is 30.9 Å². The number of fused-ring (bicyclic) bond motifs is 1. The van der Waals surface area contributed by atoms with Gasteiger partial charge in [0.05, 0.1) is 5.69 Å². The molecule has 0 spiro atoms. The lowest BCUT2D eigenvalue weighted by atomic mass is 10.1. The van der Waals surface area contributed by atoms with Crippen LogP contribution < -0.4 is 10.2 Å². The Bertz CT molecular complexity index is 591. The van der Waals surface area contributed by atoms with Gasteiger partial charge >= 0.3 is 6.01 Å². The van der Waals surface area contributed by atoms with Crippen molar-refractivity contribution in [2.75, 3.05) is 11.4 Å². The molecular formula is C17H23N3O. The van der Waals surface area contributed by atoms with E-state index in [2.05, 4.69) is 53.3 Å². The lowest BCUT2D eigenvalue weighted by molar-refractivity contribution is 0.544. The summed E-state index contributed by atoms with van der Waals surface area (Å²) >= 11 is 0. The van der Waals surface area contributed by atoms with Crippen molar-refractivity contribution in [3.63, 3.8) is 0 Å². The normalized spacial score (nSPS) is 15.1. The first-order valence-corrected chi connectivity index (χ1v) is 7.77. The number of nitrogens with one attached hydrogen (secondary N) is 1. The van der Waals surface area contributed by atoms with Crippen molar-refractivity contribution in [3.05, 3.63) is 41.8 Å². The molecule has 0 radical (unpaired) electrons. The van der Waals surface area contributed by atoms with Crippen molar-refractivity contribution in [3.8, 4) is 0 Å². The molecule has 0 fully saturated rings. The third kappa shape index (κ3) is 3.27. The van der Waals surface area contributed by atoms with E-state index in [1.807, 2.05) is 0 Å². The van der Waals surface area contributed by atoms with Crippen LogP contribution in [0.4, 0.5) is 11.7 Å². The maximum absolute atomic E-state index is 5.72. The number of benzene rings is 1. The van der Waals surface area contributed by atoms with Crippen molar-refractivity contribution in [2.45, 2.75) is 45.7 Å². The number of hydrogen-bond acceptors (Lipinski definition) is 4. The predicted octanol–water partition coefficient (Wildman–Crippen LogP) is 3.65. The Labute approximate surface area is 126 Å². The summed E-state index contributed by atoms with van der Waals surface area (Å²) in [4.78, 5) is 6.85. The zero-order chi connectivity index (χ0) is 14.7. The molecule has 1 aromatic carbocycles. The highest BCUT2D eigenvalue weighted by Crippen LogP contribution is 2.31. The first-order valence-electron chi connectivity index (χ1n) is 7.77. The molecule has 4 heteroatoms. The van der Waals surface area contributed by atoms with Crippen LogP contribution in [0.2, 0.25) is 0 Å². The van der Waals surface area contributed by atoms with Crippen LogP contribution in [-0.2, 0) is 13.0 Å². The van der Waals surface area contributed by atoms with E-state index in [0.29, 0.717) is 12.1 Å². The van der Waals surface area contributed by atoms with Crippen molar-refractivity contribution < 1.29 is 4.42 Å². The van der Waals surface area contributed by atoms with Gasteiger partial charge in [0.1, 0.15) is 6.26 Å². The van der Waals surface area contributed by atoms with E-state index in [-0.39, 0.29) is 0 Å². The second-order valence-electron chi connectivity index (χ2n) is 5.89. The van der Waals surface area contributed by atoms with Crippen LogP contribution in [0.5, 0.6) is 0 Å². The zero-order valence-electron chi connectivity index (χ0n) is 12.8. The molecule has 0 aliphatic carbocycles. The Hall–Kier alpha value is -1.81. The summed E-state index contributed by atoms with van der Waals surface area (Å²) in [6.07, 6.45) is 5.28. The van der Waals surface area contributed by atoms with Crippen LogP contribution in [0.1, 0.15) is 37.9 Å². The number of anilines is 2. The molecule has 0 saturated heterocycles. The molecule has 112 valence electrons. The summed E-state index contributed by atoms with van der Waals surface area (Å²) < 4.78 is 5.72. The molecule has 1 aliphatic rings. The summed E-state index contributed by atoms with van der Waals surface area (Å²) in [5.74, 6) is 0. The number of rotatable bonds is 4. The van der Waals surface area contributed by atoms with Crippen LogP contribution in [0.15, 0.2) is 34.9 Å². The highest BCUT2D eigenvalue weighted by Gasteiger charge is 2.20. The lowest BCUT2D eigenvalue weighted by Crippen LogP contribution is -2.22. The Morgan fingerprint density at radius 1 is 1.29 bits per heavy atom. The quantitative estimate of drug-likeness (QED) is 0.931. The monoisotopic (exact) mass is 285 g/mol. The first-order chi connectivity index (χ1) is 10.2. The van der Waals surface area contributed by atoms with Crippen LogP contribution in [0.3, 0.4) is 0 Å². The van der Waals surface area contributed by atoms with Gasteiger partial charge in [0.2, 0.25) is 0 Å². The van der Waals surface area contributed by atoms with Crippen LogP contribution in [-0.4, -0.2) is 17.6 Å². The Morgan fingerprint density at radius 2 is 2.14 bits per heavy atom. The van der Waals surface area contributed by atoms with Crippen LogP contribution in [0, 0.1) is 0 Å². The largest absolute Gasteiger partial charge is 0.431 e. The van der Waals surface area contributed by atoms with Gasteiger partial charge in [-0.1, -0.05) is 32.0 Å². The Kier molecular flexibility index (Phi) is 4.25. The van der Waals surface area contributed by atoms with Gasteiger partial charge in [-0.3, -0.25) is 4.90 Å². The molecule has 4 nitrogen and oxygen atoms in total. The number of aromatic nitrogens is 1.